The number of hydrogen-bond acceptors (Lipinski definition) is 12. The average molecular weight is 532 g/mol. The molecule has 1 aromatic rings. The van der Waals surface area contributed by atoms with Gasteiger partial charge in [-0.1, -0.05) is 0 Å². The van der Waals surface area contributed by atoms with Crippen LogP contribution in [-0.2, 0) is 31.6 Å². The first-order valence-corrected chi connectivity index (χ1v) is 12.0. The number of carbonyl (C=O) groups is 1. The van der Waals surface area contributed by atoms with E-state index in [9.17, 15) is 43.2 Å². The summed E-state index contributed by atoms with van der Waals surface area (Å²) in [6.07, 6.45) is -7.60. The molecule has 1 saturated heterocycles. The van der Waals surface area contributed by atoms with Crippen LogP contribution in [0.2, 0.25) is 0 Å². The molecule has 0 radical (unpaired) electrons. The van der Waals surface area contributed by atoms with Crippen LogP contribution in [0.4, 0.5) is 4.39 Å². The monoisotopic (exact) mass is 532 g/mol. The highest BCUT2D eigenvalue weighted by molar-refractivity contribution is 7.66. The van der Waals surface area contributed by atoms with Crippen molar-refractivity contribution in [2.24, 2.45) is 0 Å². The second-order valence-electron chi connectivity index (χ2n) is 5.74. The number of aromatic nitrogens is 2. The highest BCUT2D eigenvalue weighted by atomic mass is 31.3. The third kappa shape index (κ3) is 6.33. The van der Waals surface area contributed by atoms with Crippen LogP contribution in [-0.4, -0.2) is 70.2 Å². The lowest BCUT2D eigenvalue weighted by Crippen LogP contribution is -2.43. The van der Waals surface area contributed by atoms with Crippen LogP contribution >= 0.6 is 23.5 Å². The highest BCUT2D eigenvalue weighted by Crippen LogP contribution is 2.66. The Labute approximate surface area is 177 Å². The second-order valence-corrected chi connectivity index (χ2v) is 10.1. The summed E-state index contributed by atoms with van der Waals surface area (Å²) in [5, 5.41) is 20.0. The van der Waals surface area contributed by atoms with E-state index >= 15 is 4.39 Å². The van der Waals surface area contributed by atoms with Crippen molar-refractivity contribution in [2.45, 2.75) is 24.3 Å². The van der Waals surface area contributed by atoms with E-state index < -0.39 is 71.1 Å². The number of hydrogen-bond donors (Lipinski definition) is 7. The molecule has 0 spiro atoms. The number of nitrogens with one attached hydrogen (secondary N) is 1. The molecule has 1 aliphatic rings. The molecule has 0 aliphatic carbocycles. The molecule has 2 unspecified atom stereocenters. The maximum absolute atomic E-state index is 15.3. The lowest BCUT2D eigenvalue weighted by atomic mass is 10.1. The van der Waals surface area contributed by atoms with Crippen LogP contribution in [0.3, 0.4) is 0 Å². The summed E-state index contributed by atoms with van der Waals surface area (Å²) in [6.45, 7) is -4.38. The molecule has 2 heterocycles. The third-order valence-electron chi connectivity index (χ3n) is 3.40. The van der Waals surface area contributed by atoms with Crippen molar-refractivity contribution in [1.29, 1.82) is 0 Å². The minimum absolute atomic E-state index is 0.0656. The molecular formula is C10H14FN2O16P3. The highest BCUT2D eigenvalue weighted by Gasteiger charge is 2.57. The first-order valence-electron chi connectivity index (χ1n) is 8.53. The molecular weight excluding hydrogens is 516 g/mol. The predicted octanol–water partition coefficient (Wildman–Crippen LogP) is -2.39. The number of H-pyrrole nitrogens is 1. The van der Waals surface area contributed by atoms with Crippen LogP contribution in [0.25, 0.3) is 0 Å². The number of phosphoric ester groups is 1. The van der Waals surface area contributed by atoms with E-state index in [4.69, 9.17) is 17.4 Å². The number of alkyl halides is 1. The van der Waals surface area contributed by atoms with E-state index in [0.717, 1.165) is 0 Å². The van der Waals surface area contributed by atoms with E-state index in [0.29, 0.717) is 6.20 Å². The van der Waals surface area contributed by atoms with E-state index in [1.54, 1.807) is 4.98 Å². The van der Waals surface area contributed by atoms with Gasteiger partial charge in [-0.2, -0.15) is 8.62 Å². The fourth-order valence-corrected chi connectivity index (χ4v) is 5.07. The van der Waals surface area contributed by atoms with Crippen LogP contribution in [0.15, 0.2) is 15.8 Å². The fourth-order valence-electron chi connectivity index (χ4n) is 2.19. The molecule has 0 aromatic carbocycles. The molecule has 0 saturated carbocycles. The Balaban J connectivity index is 2.38. The summed E-state index contributed by atoms with van der Waals surface area (Å²) in [6, 6.07) is 0. The van der Waals surface area contributed by atoms with Crippen LogP contribution in [0, 0.1) is 0 Å². The van der Waals surface area contributed by atoms with E-state index in [1.807, 2.05) is 0 Å². The van der Waals surface area contributed by atoms with Crippen molar-refractivity contribution in [3.05, 3.63) is 32.6 Å². The Bertz CT molecular complexity index is 1230. The lowest BCUT2D eigenvalue weighted by Gasteiger charge is -2.24. The number of rotatable bonds is 9. The SMILES string of the molecule is [2H]C([2H])(OP(=O)(O)OP(=O)(O)OP(=O)(O)O)[C@@]1(F)O[C@@H](n2cc(C=O)c(=O)[nH]c2=O)[C@H](O)[C@@H]1O. The number of ether oxygens (including phenoxy) is 1. The quantitative estimate of drug-likeness (QED) is 0.129. The van der Waals surface area contributed by atoms with Crippen LogP contribution in [0.1, 0.15) is 19.3 Å². The number of aliphatic hydroxyl groups excluding tert-OH is 2. The number of halogens is 1. The molecule has 1 aliphatic heterocycles. The maximum Gasteiger partial charge on any atom is 0.490 e. The van der Waals surface area contributed by atoms with E-state index in [1.165, 1.54) is 0 Å². The average Bonchev–Trinajstić information content (AvgIpc) is 2.83. The summed E-state index contributed by atoms with van der Waals surface area (Å²) in [5.41, 5.74) is -3.40. The Morgan fingerprint density at radius 2 is 1.81 bits per heavy atom. The largest absolute Gasteiger partial charge is 0.490 e. The van der Waals surface area contributed by atoms with Gasteiger partial charge in [0.2, 0.25) is 0 Å². The van der Waals surface area contributed by atoms with Gasteiger partial charge in [0.05, 0.1) is 8.30 Å². The van der Waals surface area contributed by atoms with Gasteiger partial charge in [0.15, 0.2) is 12.5 Å². The van der Waals surface area contributed by atoms with Crippen LogP contribution < -0.4 is 11.2 Å². The van der Waals surface area contributed by atoms with Crippen molar-refractivity contribution >= 4 is 29.8 Å². The first kappa shape index (κ1) is 23.7. The topological polar surface area (TPSA) is 281 Å². The second kappa shape index (κ2) is 9.08. The Hall–Kier alpha value is -1.43. The van der Waals surface area contributed by atoms with Crippen molar-refractivity contribution in [2.75, 3.05) is 6.56 Å². The number of aldehydes is 1. The van der Waals surface area contributed by atoms with Gasteiger partial charge in [0.1, 0.15) is 18.8 Å². The molecule has 32 heavy (non-hydrogen) atoms. The first-order chi connectivity index (χ1) is 15.1. The molecule has 1 aromatic heterocycles. The summed E-state index contributed by atoms with van der Waals surface area (Å²) < 4.78 is 79.1. The molecule has 182 valence electrons. The standard InChI is InChI=1S/C10H14FN2O16P3/c11-10(3-26-31(22,23)29-32(24,25)28-30(19,20)21)6(16)5(15)8(27-10)13-1-4(2-14)7(17)12-9(13)18/h1-2,5-6,8,15-16H,3H2,(H,22,23)(H,24,25)(H,12,17,18)(H2,19,20,21)/t5-,6+,8-,10-/m1/s1/i3D2. The molecule has 7 N–H and O–H groups in total. The summed E-state index contributed by atoms with van der Waals surface area (Å²) in [7, 11) is -18.3. The Morgan fingerprint density at radius 3 is 2.34 bits per heavy atom. The zero-order valence-corrected chi connectivity index (χ0v) is 17.5. The number of aromatic amines is 1. The molecule has 0 bridgehead atoms. The third-order valence-corrected chi connectivity index (χ3v) is 7.05. The number of nitrogens with zero attached hydrogens (tertiary/aromatic N) is 1. The molecule has 6 atom stereocenters. The molecule has 0 amide bonds. The Morgan fingerprint density at radius 1 is 1.22 bits per heavy atom. The number of phosphoric acid groups is 3. The minimum atomic E-state index is -6.31. The minimum Gasteiger partial charge on any atom is -0.385 e. The van der Waals surface area contributed by atoms with Gasteiger partial charge in [-0.25, -0.2) is 22.9 Å². The van der Waals surface area contributed by atoms with Crippen molar-refractivity contribution in [3.63, 3.8) is 0 Å². The van der Waals surface area contributed by atoms with Crippen LogP contribution in [0.5, 0.6) is 0 Å². The summed E-state index contributed by atoms with van der Waals surface area (Å²) in [4.78, 5) is 71.3. The Kier molecular flexibility index (Phi) is 6.73. The maximum atomic E-state index is 15.3. The summed E-state index contributed by atoms with van der Waals surface area (Å²) in [5.74, 6) is -4.36. The van der Waals surface area contributed by atoms with Gasteiger partial charge in [0.25, 0.3) is 11.4 Å². The number of aliphatic hydroxyl groups is 2. The lowest BCUT2D eigenvalue weighted by molar-refractivity contribution is -0.204. The predicted molar refractivity (Wildman–Crippen MR) is 92.5 cm³/mol. The summed E-state index contributed by atoms with van der Waals surface area (Å²) >= 11 is 0. The van der Waals surface area contributed by atoms with Gasteiger partial charge in [-0.3, -0.25) is 23.7 Å². The van der Waals surface area contributed by atoms with E-state index in [2.05, 4.69) is 17.9 Å². The van der Waals surface area contributed by atoms with Gasteiger partial charge < -0.3 is 34.5 Å². The molecule has 2 rings (SSSR count). The van der Waals surface area contributed by atoms with E-state index in [-0.39, 0.29) is 10.9 Å². The molecule has 18 nitrogen and oxygen atoms in total. The fraction of sp³-hybridized carbons (Fsp3) is 0.500. The normalized spacial score (nSPS) is 31.3. The van der Waals surface area contributed by atoms with Crippen molar-refractivity contribution < 1.29 is 73.3 Å². The van der Waals surface area contributed by atoms with Gasteiger partial charge in [0, 0.05) is 6.20 Å². The molecule has 1 fully saturated rings. The van der Waals surface area contributed by atoms with Gasteiger partial charge >= 0.3 is 29.2 Å². The van der Waals surface area contributed by atoms with Crippen molar-refractivity contribution in [1.82, 2.24) is 9.55 Å². The van der Waals surface area contributed by atoms with Gasteiger partial charge in [-0.05, 0) is 0 Å². The smallest absolute Gasteiger partial charge is 0.385 e. The zero-order chi connectivity index (χ0) is 26.5. The number of carbonyl (C=O) groups excluding carboxylic acids is 1. The van der Waals surface area contributed by atoms with Crippen molar-refractivity contribution in [3.8, 4) is 0 Å². The van der Waals surface area contributed by atoms with Gasteiger partial charge in [-0.15, -0.1) is 0 Å². The zero-order valence-electron chi connectivity index (χ0n) is 16.8. The molecule has 22 heteroatoms.